The Morgan fingerprint density at radius 2 is 1.38 bits per heavy atom. The Kier molecular flexibility index (Phi) is 4.78. The van der Waals surface area contributed by atoms with Gasteiger partial charge in [0.2, 0.25) is 0 Å². The van der Waals surface area contributed by atoms with Crippen molar-refractivity contribution >= 4 is 17.3 Å². The second-order valence-electron chi connectivity index (χ2n) is 7.71. The molecule has 3 aromatic carbocycles. The number of Topliss-reactive ketones (excluding diaryl/α,β-unsaturated/α-hetero) is 2. The number of rotatable bonds is 4. The second kappa shape index (κ2) is 7.77. The van der Waals surface area contributed by atoms with Crippen LogP contribution in [0.1, 0.15) is 43.8 Å². The van der Waals surface area contributed by atoms with Gasteiger partial charge in [-0.3, -0.25) is 19.7 Å². The van der Waals surface area contributed by atoms with E-state index in [1.165, 1.54) is 6.07 Å². The van der Waals surface area contributed by atoms with Gasteiger partial charge in [0.15, 0.2) is 11.6 Å². The van der Waals surface area contributed by atoms with Crippen molar-refractivity contribution < 1.29 is 14.5 Å². The lowest BCUT2D eigenvalue weighted by atomic mass is 9.83. The van der Waals surface area contributed by atoms with Crippen molar-refractivity contribution in [2.24, 2.45) is 16.1 Å². The number of nitrogens with zero attached hydrogens (tertiary/aromatic N) is 3. The molecular formula is C25H17N3O4. The standard InChI is InChI=1S/C25H17N3O4/c29-24-16-10-4-5-11-17(16)25(30)22(24)20-14-19(15-8-2-1-3-9-15)23(27-26-20)18-12-6-7-13-21(18)28(31)32/h1-14,19,22-23H. The molecule has 0 saturated carbocycles. The lowest BCUT2D eigenvalue weighted by molar-refractivity contribution is -0.385. The highest BCUT2D eigenvalue weighted by molar-refractivity contribution is 6.28. The van der Waals surface area contributed by atoms with Crippen LogP contribution in [0.15, 0.2) is 101 Å². The Hall–Kier alpha value is -4.26. The average molecular weight is 423 g/mol. The highest BCUT2D eigenvalue weighted by atomic mass is 16.6. The molecule has 32 heavy (non-hydrogen) atoms. The molecule has 3 aromatic rings. The van der Waals surface area contributed by atoms with Gasteiger partial charge in [0.25, 0.3) is 5.69 Å². The van der Waals surface area contributed by atoms with Crippen molar-refractivity contribution in [2.45, 2.75) is 12.0 Å². The summed E-state index contributed by atoms with van der Waals surface area (Å²) >= 11 is 0. The van der Waals surface area contributed by atoms with Crippen molar-refractivity contribution in [3.8, 4) is 0 Å². The van der Waals surface area contributed by atoms with Gasteiger partial charge in [0.05, 0.1) is 16.2 Å². The van der Waals surface area contributed by atoms with Crippen molar-refractivity contribution in [3.63, 3.8) is 0 Å². The van der Waals surface area contributed by atoms with Gasteiger partial charge in [0.1, 0.15) is 12.0 Å². The van der Waals surface area contributed by atoms with Gasteiger partial charge in [-0.2, -0.15) is 10.2 Å². The van der Waals surface area contributed by atoms with Crippen LogP contribution >= 0.6 is 0 Å². The smallest absolute Gasteiger partial charge is 0.274 e. The van der Waals surface area contributed by atoms with Crippen LogP contribution in [0.2, 0.25) is 0 Å². The van der Waals surface area contributed by atoms with E-state index in [9.17, 15) is 19.7 Å². The van der Waals surface area contributed by atoms with Crippen molar-refractivity contribution in [2.75, 3.05) is 0 Å². The van der Waals surface area contributed by atoms with E-state index in [1.54, 1.807) is 48.5 Å². The van der Waals surface area contributed by atoms with Crippen LogP contribution in [0.4, 0.5) is 5.69 Å². The molecule has 2 atom stereocenters. The monoisotopic (exact) mass is 423 g/mol. The third-order valence-corrected chi connectivity index (χ3v) is 5.90. The maximum absolute atomic E-state index is 13.0. The summed E-state index contributed by atoms with van der Waals surface area (Å²) in [6.07, 6.45) is 1.76. The Balaban J connectivity index is 1.60. The minimum atomic E-state index is -1.05. The zero-order chi connectivity index (χ0) is 22.2. The SMILES string of the molecule is O=C1c2ccccc2C(=O)C1C1=CC(c2ccccc2)C(c2ccccc2[N+](=O)[O-])N=N1. The molecule has 0 spiro atoms. The Morgan fingerprint density at radius 3 is 2.03 bits per heavy atom. The molecule has 2 aliphatic rings. The Labute approximate surface area is 183 Å². The highest BCUT2D eigenvalue weighted by Gasteiger charge is 2.43. The minimum Gasteiger partial charge on any atom is -0.293 e. The van der Waals surface area contributed by atoms with Gasteiger partial charge >= 0.3 is 0 Å². The van der Waals surface area contributed by atoms with Crippen LogP contribution in [0.5, 0.6) is 0 Å². The van der Waals surface area contributed by atoms with Crippen molar-refractivity contribution in [1.82, 2.24) is 0 Å². The van der Waals surface area contributed by atoms with Crippen LogP contribution in [0.25, 0.3) is 0 Å². The van der Waals surface area contributed by atoms with Crippen LogP contribution in [0, 0.1) is 16.0 Å². The zero-order valence-corrected chi connectivity index (χ0v) is 16.8. The average Bonchev–Trinajstić information content (AvgIpc) is 3.09. The molecule has 0 radical (unpaired) electrons. The van der Waals surface area contributed by atoms with Gasteiger partial charge in [-0.1, -0.05) is 66.7 Å². The zero-order valence-electron chi connectivity index (χ0n) is 16.8. The van der Waals surface area contributed by atoms with E-state index in [4.69, 9.17) is 0 Å². The predicted molar refractivity (Wildman–Crippen MR) is 117 cm³/mol. The van der Waals surface area contributed by atoms with E-state index in [0.29, 0.717) is 16.7 Å². The summed E-state index contributed by atoms with van der Waals surface area (Å²) in [5.41, 5.74) is 2.29. The summed E-state index contributed by atoms with van der Waals surface area (Å²) in [6, 6.07) is 21.9. The first kappa shape index (κ1) is 19.7. The van der Waals surface area contributed by atoms with Crippen LogP contribution in [-0.2, 0) is 0 Å². The van der Waals surface area contributed by atoms with Gasteiger partial charge in [0, 0.05) is 23.1 Å². The molecule has 0 N–H and O–H groups in total. The third kappa shape index (κ3) is 3.15. The maximum Gasteiger partial charge on any atom is 0.274 e. The van der Waals surface area contributed by atoms with Crippen LogP contribution < -0.4 is 0 Å². The minimum absolute atomic E-state index is 0.0466. The van der Waals surface area contributed by atoms with Crippen LogP contribution in [0.3, 0.4) is 0 Å². The number of benzene rings is 3. The normalized spacial score (nSPS) is 20.2. The number of nitro groups is 1. The van der Waals surface area contributed by atoms with E-state index >= 15 is 0 Å². The summed E-state index contributed by atoms with van der Waals surface area (Å²) in [4.78, 5) is 37.2. The highest BCUT2D eigenvalue weighted by Crippen LogP contribution is 2.45. The molecule has 2 unspecified atom stereocenters. The van der Waals surface area contributed by atoms with Gasteiger partial charge in [-0.15, -0.1) is 0 Å². The topological polar surface area (TPSA) is 102 Å². The van der Waals surface area contributed by atoms with Gasteiger partial charge in [-0.25, -0.2) is 0 Å². The second-order valence-corrected chi connectivity index (χ2v) is 7.71. The summed E-state index contributed by atoms with van der Waals surface area (Å²) in [7, 11) is 0. The summed E-state index contributed by atoms with van der Waals surface area (Å²) in [5, 5.41) is 20.3. The predicted octanol–water partition coefficient (Wildman–Crippen LogP) is 5.46. The van der Waals surface area contributed by atoms with Gasteiger partial charge in [-0.05, 0) is 17.7 Å². The first-order chi connectivity index (χ1) is 15.6. The number of carbonyl (C=O) groups excluding carboxylic acids is 2. The molecule has 0 bridgehead atoms. The first-order valence-electron chi connectivity index (χ1n) is 10.1. The lowest BCUT2D eigenvalue weighted by Crippen LogP contribution is -2.21. The van der Waals surface area contributed by atoms with Crippen molar-refractivity contribution in [1.29, 1.82) is 0 Å². The number of ketones is 2. The number of fused-ring (bicyclic) bond motifs is 1. The summed E-state index contributed by atoms with van der Waals surface area (Å²) < 4.78 is 0. The number of azo groups is 1. The van der Waals surface area contributed by atoms with Crippen LogP contribution in [-0.4, -0.2) is 16.5 Å². The number of hydrogen-bond acceptors (Lipinski definition) is 6. The first-order valence-corrected chi connectivity index (χ1v) is 10.1. The molecule has 0 amide bonds. The van der Waals surface area contributed by atoms with Crippen molar-refractivity contribution in [3.05, 3.63) is 123 Å². The Bertz CT molecular complexity index is 1280. The fourth-order valence-electron chi connectivity index (χ4n) is 4.39. The third-order valence-electron chi connectivity index (χ3n) is 5.90. The number of allylic oxidation sites excluding steroid dienone is 1. The molecule has 5 rings (SSSR count). The molecule has 0 aromatic heterocycles. The molecule has 1 aliphatic carbocycles. The molecule has 1 heterocycles. The fourth-order valence-corrected chi connectivity index (χ4v) is 4.39. The quantitative estimate of drug-likeness (QED) is 0.316. The van der Waals surface area contributed by atoms with E-state index in [1.807, 2.05) is 30.3 Å². The molecule has 7 nitrogen and oxygen atoms in total. The fraction of sp³-hybridized carbons (Fsp3) is 0.120. The molecular weight excluding hydrogens is 406 g/mol. The van der Waals surface area contributed by atoms with E-state index in [-0.39, 0.29) is 23.0 Å². The number of carbonyl (C=O) groups is 2. The summed E-state index contributed by atoms with van der Waals surface area (Å²) in [5.74, 6) is -2.07. The van der Waals surface area contributed by atoms with E-state index in [2.05, 4.69) is 10.2 Å². The molecule has 156 valence electrons. The number of para-hydroxylation sites is 1. The molecule has 0 fully saturated rings. The maximum atomic E-state index is 13.0. The molecule has 7 heteroatoms. The Morgan fingerprint density at radius 1 is 0.781 bits per heavy atom. The van der Waals surface area contributed by atoms with Gasteiger partial charge < -0.3 is 0 Å². The van der Waals surface area contributed by atoms with E-state index < -0.39 is 22.8 Å². The molecule has 1 aliphatic heterocycles. The van der Waals surface area contributed by atoms with E-state index in [0.717, 1.165) is 5.56 Å². The molecule has 0 saturated heterocycles. The number of hydrogen-bond donors (Lipinski definition) is 0. The number of nitro benzene ring substituents is 1. The lowest BCUT2D eigenvalue weighted by Gasteiger charge is -2.26. The summed E-state index contributed by atoms with van der Waals surface area (Å²) in [6.45, 7) is 0. The largest absolute Gasteiger partial charge is 0.293 e.